The summed E-state index contributed by atoms with van der Waals surface area (Å²) in [5.74, 6) is -2.16. The highest BCUT2D eigenvalue weighted by atomic mass is 16.5. The van der Waals surface area contributed by atoms with Gasteiger partial charge in [0.2, 0.25) is 5.91 Å². The Morgan fingerprint density at radius 3 is 2.62 bits per heavy atom. The van der Waals surface area contributed by atoms with Gasteiger partial charge in [-0.15, -0.1) is 0 Å². The summed E-state index contributed by atoms with van der Waals surface area (Å²) in [6, 6.07) is 7.00. The zero-order valence-corrected chi connectivity index (χ0v) is 11.6. The van der Waals surface area contributed by atoms with Gasteiger partial charge in [0.15, 0.2) is 0 Å². The maximum Gasteiger partial charge on any atom is 0.228 e. The van der Waals surface area contributed by atoms with E-state index in [0.717, 1.165) is 6.42 Å². The Kier molecular flexibility index (Phi) is 3.41. The zero-order chi connectivity index (χ0) is 15.0. The number of nitrogens with one attached hydrogen (secondary N) is 1. The molecule has 1 aromatic rings. The van der Waals surface area contributed by atoms with Crippen LogP contribution in [0.1, 0.15) is 6.42 Å². The average Bonchev–Trinajstić information content (AvgIpc) is 3.07. The lowest BCUT2D eigenvalue weighted by molar-refractivity contribution is -0.313. The van der Waals surface area contributed by atoms with E-state index in [2.05, 4.69) is 5.32 Å². The molecule has 0 saturated heterocycles. The number of carboxylic acid groups (broad SMARTS) is 1. The number of ether oxygens (including phenoxy) is 1. The summed E-state index contributed by atoms with van der Waals surface area (Å²) in [6.45, 7) is 0. The minimum atomic E-state index is -1.14. The van der Waals surface area contributed by atoms with E-state index in [1.807, 2.05) is 12.2 Å². The van der Waals surface area contributed by atoms with Crippen molar-refractivity contribution in [3.05, 3.63) is 36.4 Å². The lowest BCUT2D eigenvalue weighted by atomic mass is 9.82. The van der Waals surface area contributed by atoms with Gasteiger partial charge in [-0.25, -0.2) is 0 Å². The number of fused-ring (bicyclic) bond motifs is 2. The first kappa shape index (κ1) is 13.7. The fourth-order valence-corrected chi connectivity index (χ4v) is 3.43. The minimum absolute atomic E-state index is 0.0106. The van der Waals surface area contributed by atoms with E-state index in [1.54, 1.807) is 31.4 Å². The van der Waals surface area contributed by atoms with Gasteiger partial charge in [0.25, 0.3) is 0 Å². The number of amides is 1. The molecule has 4 atom stereocenters. The molecule has 21 heavy (non-hydrogen) atoms. The van der Waals surface area contributed by atoms with E-state index < -0.39 is 17.8 Å². The van der Waals surface area contributed by atoms with Crippen LogP contribution < -0.4 is 15.2 Å². The van der Waals surface area contributed by atoms with E-state index in [4.69, 9.17) is 4.74 Å². The molecule has 2 aliphatic rings. The largest absolute Gasteiger partial charge is 0.550 e. The first-order valence-electron chi connectivity index (χ1n) is 6.94. The number of carbonyl (C=O) groups excluding carboxylic acids is 2. The van der Waals surface area contributed by atoms with Crippen molar-refractivity contribution in [1.29, 1.82) is 0 Å². The number of benzene rings is 1. The van der Waals surface area contributed by atoms with Crippen LogP contribution in [-0.4, -0.2) is 19.0 Å². The normalized spacial score (nSPS) is 29.4. The molecule has 1 fully saturated rings. The summed E-state index contributed by atoms with van der Waals surface area (Å²) in [7, 11) is 1.55. The SMILES string of the molecule is COc1cccc(NC(=O)[C@H]2[C@@H](C(=O)[O-])[C@H]3C=C[C@H]2C3)c1. The summed E-state index contributed by atoms with van der Waals surface area (Å²) in [5.41, 5.74) is 0.600. The molecule has 0 aliphatic heterocycles. The number of rotatable bonds is 4. The highest BCUT2D eigenvalue weighted by molar-refractivity contribution is 5.96. The number of methoxy groups -OCH3 is 1. The van der Waals surface area contributed by atoms with Crippen LogP contribution >= 0.6 is 0 Å². The van der Waals surface area contributed by atoms with Crippen molar-refractivity contribution in [3.8, 4) is 5.75 Å². The van der Waals surface area contributed by atoms with Crippen molar-refractivity contribution in [3.63, 3.8) is 0 Å². The van der Waals surface area contributed by atoms with Gasteiger partial charge in [0.1, 0.15) is 5.75 Å². The van der Waals surface area contributed by atoms with Crippen LogP contribution in [0.15, 0.2) is 36.4 Å². The van der Waals surface area contributed by atoms with Crippen LogP contribution in [-0.2, 0) is 9.59 Å². The molecule has 0 aromatic heterocycles. The molecule has 0 spiro atoms. The maximum atomic E-state index is 12.4. The second-order valence-electron chi connectivity index (χ2n) is 5.54. The van der Waals surface area contributed by atoms with Crippen LogP contribution in [0.5, 0.6) is 5.75 Å². The smallest absolute Gasteiger partial charge is 0.228 e. The lowest BCUT2D eigenvalue weighted by Crippen LogP contribution is -2.42. The summed E-state index contributed by atoms with van der Waals surface area (Å²) < 4.78 is 5.10. The van der Waals surface area contributed by atoms with Crippen LogP contribution in [0.25, 0.3) is 0 Å². The minimum Gasteiger partial charge on any atom is -0.550 e. The first-order valence-corrected chi connectivity index (χ1v) is 6.94. The first-order chi connectivity index (χ1) is 10.1. The molecule has 5 nitrogen and oxygen atoms in total. The van der Waals surface area contributed by atoms with Crippen LogP contribution in [0.3, 0.4) is 0 Å². The summed E-state index contributed by atoms with van der Waals surface area (Å²) >= 11 is 0. The van der Waals surface area contributed by atoms with Gasteiger partial charge >= 0.3 is 0 Å². The van der Waals surface area contributed by atoms with Crippen molar-refractivity contribution in [2.24, 2.45) is 23.7 Å². The Labute approximate surface area is 122 Å². The second kappa shape index (κ2) is 5.24. The Morgan fingerprint density at radius 2 is 1.95 bits per heavy atom. The average molecular weight is 286 g/mol. The maximum absolute atomic E-state index is 12.4. The van der Waals surface area contributed by atoms with Crippen molar-refractivity contribution < 1.29 is 19.4 Å². The third kappa shape index (κ3) is 2.39. The third-order valence-electron chi connectivity index (χ3n) is 4.37. The van der Waals surface area contributed by atoms with Gasteiger partial charge < -0.3 is 20.0 Å². The number of allylic oxidation sites excluding steroid dienone is 2. The number of aliphatic carboxylic acids is 1. The molecule has 1 saturated carbocycles. The molecule has 0 radical (unpaired) electrons. The number of carbonyl (C=O) groups is 2. The number of anilines is 1. The molecule has 1 N–H and O–H groups in total. The van der Waals surface area contributed by atoms with E-state index in [-0.39, 0.29) is 17.7 Å². The Morgan fingerprint density at radius 1 is 1.24 bits per heavy atom. The molecule has 5 heteroatoms. The number of hydrogen-bond acceptors (Lipinski definition) is 4. The van der Waals surface area contributed by atoms with Gasteiger partial charge in [-0.2, -0.15) is 0 Å². The summed E-state index contributed by atoms with van der Waals surface area (Å²) in [4.78, 5) is 23.8. The molecular weight excluding hydrogens is 270 g/mol. The molecular formula is C16H16NO4-. The fourth-order valence-electron chi connectivity index (χ4n) is 3.43. The van der Waals surface area contributed by atoms with E-state index in [1.165, 1.54) is 0 Å². The molecule has 110 valence electrons. The molecule has 1 aromatic carbocycles. The lowest BCUT2D eigenvalue weighted by Gasteiger charge is -2.27. The molecule has 2 aliphatic carbocycles. The number of carboxylic acids is 1. The fraction of sp³-hybridized carbons (Fsp3) is 0.375. The summed E-state index contributed by atoms with van der Waals surface area (Å²) in [5, 5.41) is 14.1. The Balaban J connectivity index is 1.78. The highest BCUT2D eigenvalue weighted by Crippen LogP contribution is 2.48. The van der Waals surface area contributed by atoms with E-state index in [0.29, 0.717) is 11.4 Å². The predicted molar refractivity (Wildman–Crippen MR) is 74.3 cm³/mol. The monoisotopic (exact) mass is 286 g/mol. The quantitative estimate of drug-likeness (QED) is 0.831. The van der Waals surface area contributed by atoms with E-state index >= 15 is 0 Å². The van der Waals surface area contributed by atoms with Crippen molar-refractivity contribution >= 4 is 17.6 Å². The van der Waals surface area contributed by atoms with Crippen LogP contribution in [0.2, 0.25) is 0 Å². The van der Waals surface area contributed by atoms with E-state index in [9.17, 15) is 14.7 Å². The Hall–Kier alpha value is -2.30. The third-order valence-corrected chi connectivity index (χ3v) is 4.37. The molecule has 0 unspecified atom stereocenters. The highest BCUT2D eigenvalue weighted by Gasteiger charge is 2.48. The number of hydrogen-bond donors (Lipinski definition) is 1. The van der Waals surface area contributed by atoms with Crippen LogP contribution in [0, 0.1) is 23.7 Å². The molecule has 2 bridgehead atoms. The van der Waals surface area contributed by atoms with Crippen molar-refractivity contribution in [2.45, 2.75) is 6.42 Å². The van der Waals surface area contributed by atoms with Gasteiger partial charge in [0, 0.05) is 23.6 Å². The Bertz CT molecular complexity index is 610. The molecule has 1 amide bonds. The summed E-state index contributed by atoms with van der Waals surface area (Å²) in [6.07, 6.45) is 4.55. The van der Waals surface area contributed by atoms with Gasteiger partial charge in [-0.05, 0) is 30.4 Å². The molecule has 0 heterocycles. The van der Waals surface area contributed by atoms with Gasteiger partial charge in [-0.1, -0.05) is 18.2 Å². The predicted octanol–water partition coefficient (Wildman–Crippen LogP) is 0.822. The van der Waals surface area contributed by atoms with Crippen molar-refractivity contribution in [1.82, 2.24) is 0 Å². The topological polar surface area (TPSA) is 78.5 Å². The van der Waals surface area contributed by atoms with Crippen molar-refractivity contribution in [2.75, 3.05) is 12.4 Å². The molecule has 3 rings (SSSR count). The zero-order valence-electron chi connectivity index (χ0n) is 11.6. The van der Waals surface area contributed by atoms with Crippen LogP contribution in [0.4, 0.5) is 5.69 Å². The van der Waals surface area contributed by atoms with Gasteiger partial charge in [0.05, 0.1) is 13.0 Å². The standard InChI is InChI=1S/C16H17NO4/c1-21-12-4-2-3-11(8-12)17-15(18)13-9-5-6-10(7-9)14(13)16(19)20/h2-6,8-10,13-14H,7H2,1H3,(H,17,18)(H,19,20)/p-1/t9-,10-,13+,14-/m0/s1. The van der Waals surface area contributed by atoms with Gasteiger partial charge in [-0.3, -0.25) is 4.79 Å². The second-order valence-corrected chi connectivity index (χ2v) is 5.54.